The Hall–Kier alpha value is -3.26. The average molecular weight is 389 g/mol. The molecule has 2 aromatic heterocycles. The van der Waals surface area contributed by atoms with Gasteiger partial charge >= 0.3 is 0 Å². The third kappa shape index (κ3) is 3.59. The van der Waals surface area contributed by atoms with Crippen molar-refractivity contribution in [3.8, 4) is 17.1 Å². The van der Waals surface area contributed by atoms with E-state index >= 15 is 0 Å². The SMILES string of the molecule is C=CCn1c(SCc2nnnn2-c2ccccc2)nnc1-c1ccccc1C. The second-order valence-electron chi connectivity index (χ2n) is 6.15. The van der Waals surface area contributed by atoms with Crippen LogP contribution < -0.4 is 0 Å². The zero-order valence-electron chi connectivity index (χ0n) is 15.4. The lowest BCUT2D eigenvalue weighted by Crippen LogP contribution is -2.04. The number of allylic oxidation sites excluding steroid dienone is 1. The topological polar surface area (TPSA) is 74.3 Å². The monoisotopic (exact) mass is 389 g/mol. The molecule has 140 valence electrons. The maximum Gasteiger partial charge on any atom is 0.192 e. The minimum absolute atomic E-state index is 0.574. The number of rotatable bonds is 7. The maximum absolute atomic E-state index is 4.43. The van der Waals surface area contributed by atoms with E-state index in [1.54, 1.807) is 16.4 Å². The van der Waals surface area contributed by atoms with Crippen LogP contribution in [0.2, 0.25) is 0 Å². The highest BCUT2D eigenvalue weighted by Crippen LogP contribution is 2.28. The molecule has 0 atom stereocenters. The van der Waals surface area contributed by atoms with Gasteiger partial charge in [0.2, 0.25) is 0 Å². The molecule has 28 heavy (non-hydrogen) atoms. The molecule has 0 fully saturated rings. The zero-order valence-corrected chi connectivity index (χ0v) is 16.3. The number of para-hydroxylation sites is 1. The summed E-state index contributed by atoms with van der Waals surface area (Å²) in [6, 6.07) is 18.0. The van der Waals surface area contributed by atoms with Gasteiger partial charge in [-0.3, -0.25) is 4.57 Å². The van der Waals surface area contributed by atoms with Crippen molar-refractivity contribution in [2.24, 2.45) is 0 Å². The third-order valence-corrected chi connectivity index (χ3v) is 5.24. The Morgan fingerprint density at radius 2 is 1.79 bits per heavy atom. The van der Waals surface area contributed by atoms with Crippen LogP contribution >= 0.6 is 11.8 Å². The van der Waals surface area contributed by atoms with Gasteiger partial charge in [-0.25, -0.2) is 0 Å². The number of aromatic nitrogens is 7. The van der Waals surface area contributed by atoms with E-state index in [0.717, 1.165) is 33.6 Å². The van der Waals surface area contributed by atoms with Crippen LogP contribution in [0.25, 0.3) is 17.1 Å². The highest BCUT2D eigenvalue weighted by atomic mass is 32.2. The molecule has 0 aliphatic heterocycles. The zero-order chi connectivity index (χ0) is 19.3. The van der Waals surface area contributed by atoms with Crippen LogP contribution in [0.5, 0.6) is 0 Å². The average Bonchev–Trinajstić information content (AvgIpc) is 3.35. The van der Waals surface area contributed by atoms with Gasteiger partial charge in [0.15, 0.2) is 16.8 Å². The molecule has 0 bridgehead atoms. The molecule has 4 aromatic rings. The van der Waals surface area contributed by atoms with Gasteiger partial charge in [-0.15, -0.1) is 21.9 Å². The third-order valence-electron chi connectivity index (χ3n) is 4.28. The van der Waals surface area contributed by atoms with E-state index < -0.39 is 0 Å². The molecular weight excluding hydrogens is 370 g/mol. The lowest BCUT2D eigenvalue weighted by molar-refractivity contribution is 0.729. The fourth-order valence-electron chi connectivity index (χ4n) is 2.91. The predicted molar refractivity (Wildman–Crippen MR) is 109 cm³/mol. The first-order valence-electron chi connectivity index (χ1n) is 8.83. The molecule has 0 spiro atoms. The van der Waals surface area contributed by atoms with Crippen LogP contribution in [0.1, 0.15) is 11.4 Å². The van der Waals surface area contributed by atoms with Crippen LogP contribution in [0.15, 0.2) is 72.4 Å². The molecule has 4 rings (SSSR count). The van der Waals surface area contributed by atoms with Gasteiger partial charge < -0.3 is 0 Å². The van der Waals surface area contributed by atoms with Crippen LogP contribution in [-0.4, -0.2) is 35.0 Å². The quantitative estimate of drug-likeness (QED) is 0.354. The maximum atomic E-state index is 4.43. The lowest BCUT2D eigenvalue weighted by Gasteiger charge is -2.09. The number of hydrogen-bond donors (Lipinski definition) is 0. The second kappa shape index (κ2) is 8.18. The Morgan fingerprint density at radius 3 is 2.57 bits per heavy atom. The molecule has 0 aliphatic carbocycles. The van der Waals surface area contributed by atoms with Crippen LogP contribution in [-0.2, 0) is 12.3 Å². The molecule has 8 heteroatoms. The Labute approximate surface area is 167 Å². The largest absolute Gasteiger partial charge is 0.298 e. The summed E-state index contributed by atoms with van der Waals surface area (Å²) in [5.41, 5.74) is 3.15. The number of hydrogen-bond acceptors (Lipinski definition) is 6. The van der Waals surface area contributed by atoms with E-state index in [0.29, 0.717) is 12.3 Å². The number of thioether (sulfide) groups is 1. The van der Waals surface area contributed by atoms with E-state index in [1.165, 1.54) is 0 Å². The number of nitrogens with zero attached hydrogens (tertiary/aromatic N) is 7. The summed E-state index contributed by atoms with van der Waals surface area (Å²) in [5, 5.41) is 21.7. The van der Waals surface area contributed by atoms with Gasteiger partial charge in [-0.1, -0.05) is 60.3 Å². The molecule has 2 heterocycles. The van der Waals surface area contributed by atoms with E-state index in [-0.39, 0.29) is 0 Å². The summed E-state index contributed by atoms with van der Waals surface area (Å²) in [6.45, 7) is 6.58. The molecule has 0 saturated heterocycles. The van der Waals surface area contributed by atoms with Crippen molar-refractivity contribution in [2.45, 2.75) is 24.4 Å². The molecule has 0 radical (unpaired) electrons. The fraction of sp³-hybridized carbons (Fsp3) is 0.150. The summed E-state index contributed by atoms with van der Waals surface area (Å²) in [6.07, 6.45) is 1.85. The van der Waals surface area contributed by atoms with E-state index in [9.17, 15) is 0 Å². The van der Waals surface area contributed by atoms with Crippen molar-refractivity contribution < 1.29 is 0 Å². The van der Waals surface area contributed by atoms with Crippen molar-refractivity contribution in [2.75, 3.05) is 0 Å². The fourth-order valence-corrected chi connectivity index (χ4v) is 3.76. The molecular formula is C20H19N7S. The van der Waals surface area contributed by atoms with Crippen molar-refractivity contribution in [1.29, 1.82) is 0 Å². The summed E-state index contributed by atoms with van der Waals surface area (Å²) in [7, 11) is 0. The molecule has 2 aromatic carbocycles. The van der Waals surface area contributed by atoms with Crippen molar-refractivity contribution >= 4 is 11.8 Å². The molecule has 0 unspecified atom stereocenters. The Morgan fingerprint density at radius 1 is 1.00 bits per heavy atom. The Bertz CT molecular complexity index is 1080. The molecule has 0 saturated carbocycles. The number of tetrazole rings is 1. The Kier molecular flexibility index (Phi) is 5.29. The summed E-state index contributed by atoms with van der Waals surface area (Å²) in [5.74, 6) is 2.16. The van der Waals surface area contributed by atoms with Gasteiger partial charge in [0.25, 0.3) is 0 Å². The molecule has 0 amide bonds. The van der Waals surface area contributed by atoms with E-state index in [4.69, 9.17) is 0 Å². The first-order valence-corrected chi connectivity index (χ1v) is 9.82. The van der Waals surface area contributed by atoms with Crippen LogP contribution in [0, 0.1) is 6.92 Å². The molecule has 0 aliphatic rings. The van der Waals surface area contributed by atoms with Crippen molar-refractivity contribution in [3.63, 3.8) is 0 Å². The minimum Gasteiger partial charge on any atom is -0.298 e. The first-order chi connectivity index (χ1) is 13.8. The molecule has 0 N–H and O–H groups in total. The van der Waals surface area contributed by atoms with E-state index in [2.05, 4.69) is 55.9 Å². The first kappa shape index (κ1) is 18.1. The standard InChI is InChI=1S/C20H19N7S/c1-3-13-26-19(17-12-8-7-9-15(17)2)22-23-20(26)28-14-18-21-24-25-27(18)16-10-5-4-6-11-16/h3-12H,1,13-14H2,2H3. The minimum atomic E-state index is 0.574. The van der Waals surface area contributed by atoms with Gasteiger partial charge in [0.05, 0.1) is 11.4 Å². The Balaban J connectivity index is 1.61. The highest BCUT2D eigenvalue weighted by molar-refractivity contribution is 7.98. The van der Waals surface area contributed by atoms with Crippen LogP contribution in [0.4, 0.5) is 0 Å². The second-order valence-corrected chi connectivity index (χ2v) is 7.09. The van der Waals surface area contributed by atoms with Gasteiger partial charge in [-0.2, -0.15) is 4.68 Å². The lowest BCUT2D eigenvalue weighted by atomic mass is 10.1. The highest BCUT2D eigenvalue weighted by Gasteiger charge is 2.16. The summed E-state index contributed by atoms with van der Waals surface area (Å²) >= 11 is 1.55. The number of aryl methyl sites for hydroxylation is 1. The van der Waals surface area contributed by atoms with Gasteiger partial charge in [-0.05, 0) is 35.0 Å². The normalized spacial score (nSPS) is 10.9. The molecule has 7 nitrogen and oxygen atoms in total. The van der Waals surface area contributed by atoms with Crippen LogP contribution in [0.3, 0.4) is 0 Å². The number of benzene rings is 2. The van der Waals surface area contributed by atoms with Crippen molar-refractivity contribution in [1.82, 2.24) is 35.0 Å². The van der Waals surface area contributed by atoms with Gasteiger partial charge in [0, 0.05) is 12.1 Å². The van der Waals surface area contributed by atoms with E-state index in [1.807, 2.05) is 48.5 Å². The predicted octanol–water partition coefficient (Wildman–Crippen LogP) is 3.71. The summed E-state index contributed by atoms with van der Waals surface area (Å²) in [4.78, 5) is 0. The van der Waals surface area contributed by atoms with Crippen molar-refractivity contribution in [3.05, 3.63) is 78.6 Å². The van der Waals surface area contributed by atoms with Gasteiger partial charge in [0.1, 0.15) is 0 Å². The summed E-state index contributed by atoms with van der Waals surface area (Å²) < 4.78 is 3.81. The smallest absolute Gasteiger partial charge is 0.192 e.